The van der Waals surface area contributed by atoms with Crippen LogP contribution >= 0.6 is 0 Å². The zero-order valence-corrected chi connectivity index (χ0v) is 15.5. The molecule has 3 aromatic carbocycles. The van der Waals surface area contributed by atoms with Gasteiger partial charge in [-0.1, -0.05) is 78.9 Å². The van der Waals surface area contributed by atoms with Gasteiger partial charge in [0.1, 0.15) is 0 Å². The lowest BCUT2D eigenvalue weighted by atomic mass is 9.95. The van der Waals surface area contributed by atoms with E-state index in [0.29, 0.717) is 0 Å². The first kappa shape index (κ1) is 16.8. The van der Waals surface area contributed by atoms with Gasteiger partial charge in [-0.3, -0.25) is 0 Å². The lowest BCUT2D eigenvalue weighted by Gasteiger charge is -2.10. The van der Waals surface area contributed by atoms with E-state index in [0.717, 1.165) is 35.4 Å². The molecule has 0 amide bonds. The van der Waals surface area contributed by atoms with Crippen LogP contribution in [0.1, 0.15) is 47.2 Å². The van der Waals surface area contributed by atoms with Gasteiger partial charge in [-0.2, -0.15) is 10.2 Å². The predicted molar refractivity (Wildman–Crippen MR) is 113 cm³/mol. The average Bonchev–Trinajstić information content (AvgIpc) is 3.46. The monoisotopic (exact) mass is 366 g/mol. The van der Waals surface area contributed by atoms with Gasteiger partial charge in [0.15, 0.2) is 0 Å². The van der Waals surface area contributed by atoms with Crippen LogP contribution in [0, 0.1) is 0 Å². The van der Waals surface area contributed by atoms with Gasteiger partial charge in [-0.05, 0) is 28.3 Å². The minimum Gasteiger partial charge on any atom is -0.302 e. The minimum absolute atomic E-state index is 0.243. The van der Waals surface area contributed by atoms with E-state index in [1.807, 2.05) is 12.1 Å². The molecule has 0 saturated heterocycles. The second-order valence-electron chi connectivity index (χ2n) is 7.29. The normalized spacial score (nSPS) is 20.9. The summed E-state index contributed by atoms with van der Waals surface area (Å²) in [7, 11) is 0. The first-order valence-electron chi connectivity index (χ1n) is 9.72. The molecule has 138 valence electrons. The second-order valence-corrected chi connectivity index (χ2v) is 7.29. The smallest absolute Gasteiger partial charge is 0.0745 e. The van der Waals surface area contributed by atoms with Crippen molar-refractivity contribution in [3.05, 3.63) is 107 Å². The molecule has 0 fully saturated rings. The SMILES string of the molecule is c1ccc(C2CC(c3cccc(C4=NNC(c5ccccc5)C4)c3)=NN2)cc1. The fourth-order valence-electron chi connectivity index (χ4n) is 3.88. The predicted octanol–water partition coefficient (Wildman–Crippen LogP) is 4.56. The molecule has 0 aliphatic carbocycles. The van der Waals surface area contributed by atoms with Crippen molar-refractivity contribution in [1.82, 2.24) is 10.9 Å². The van der Waals surface area contributed by atoms with Crippen LogP contribution in [-0.2, 0) is 0 Å². The van der Waals surface area contributed by atoms with Crippen molar-refractivity contribution in [2.75, 3.05) is 0 Å². The van der Waals surface area contributed by atoms with Gasteiger partial charge >= 0.3 is 0 Å². The Morgan fingerprint density at radius 2 is 1.04 bits per heavy atom. The molecule has 4 nitrogen and oxygen atoms in total. The van der Waals surface area contributed by atoms with Crippen molar-refractivity contribution in [2.24, 2.45) is 10.2 Å². The second kappa shape index (κ2) is 7.31. The number of nitrogens with zero attached hydrogens (tertiary/aromatic N) is 2. The van der Waals surface area contributed by atoms with Crippen LogP contribution in [0.15, 0.2) is 95.1 Å². The van der Waals surface area contributed by atoms with Crippen molar-refractivity contribution in [3.63, 3.8) is 0 Å². The third-order valence-electron chi connectivity index (χ3n) is 5.44. The average molecular weight is 366 g/mol. The number of rotatable bonds is 4. The van der Waals surface area contributed by atoms with Crippen LogP contribution in [0.4, 0.5) is 0 Å². The summed E-state index contributed by atoms with van der Waals surface area (Å²) in [5.41, 5.74) is 13.6. The quantitative estimate of drug-likeness (QED) is 0.711. The molecular formula is C24H22N4. The van der Waals surface area contributed by atoms with E-state index in [1.54, 1.807) is 0 Å². The molecule has 28 heavy (non-hydrogen) atoms. The van der Waals surface area contributed by atoms with Crippen LogP contribution in [0.3, 0.4) is 0 Å². The van der Waals surface area contributed by atoms with Crippen LogP contribution in [0.5, 0.6) is 0 Å². The molecule has 0 aromatic heterocycles. The highest BCUT2D eigenvalue weighted by molar-refractivity contribution is 6.06. The fourth-order valence-corrected chi connectivity index (χ4v) is 3.88. The summed E-state index contributed by atoms with van der Waals surface area (Å²) in [6, 6.07) is 30.0. The fraction of sp³-hybridized carbons (Fsp3) is 0.167. The summed E-state index contributed by atoms with van der Waals surface area (Å²) in [6.45, 7) is 0. The summed E-state index contributed by atoms with van der Waals surface area (Å²) in [6.07, 6.45) is 1.79. The van der Waals surface area contributed by atoms with Gasteiger partial charge in [0.2, 0.25) is 0 Å². The molecule has 4 heteroatoms. The summed E-state index contributed by atoms with van der Waals surface area (Å²) < 4.78 is 0. The molecule has 2 atom stereocenters. The van der Waals surface area contributed by atoms with E-state index in [4.69, 9.17) is 0 Å². The Morgan fingerprint density at radius 1 is 0.571 bits per heavy atom. The maximum atomic E-state index is 4.61. The molecule has 3 aromatic rings. The Hall–Kier alpha value is -3.40. The highest BCUT2D eigenvalue weighted by Gasteiger charge is 2.23. The van der Waals surface area contributed by atoms with Gasteiger partial charge in [0.25, 0.3) is 0 Å². The Labute approximate surface area is 165 Å². The molecule has 2 unspecified atom stereocenters. The van der Waals surface area contributed by atoms with Gasteiger partial charge in [-0.25, -0.2) is 0 Å². The van der Waals surface area contributed by atoms with Gasteiger partial charge in [0.05, 0.1) is 23.5 Å². The number of hydrogen-bond acceptors (Lipinski definition) is 4. The van der Waals surface area contributed by atoms with Crippen molar-refractivity contribution in [1.29, 1.82) is 0 Å². The Kier molecular flexibility index (Phi) is 4.37. The zero-order valence-electron chi connectivity index (χ0n) is 15.5. The van der Waals surface area contributed by atoms with E-state index >= 15 is 0 Å². The third kappa shape index (κ3) is 3.29. The first-order chi connectivity index (χ1) is 13.9. The molecule has 0 saturated carbocycles. The molecular weight excluding hydrogens is 344 g/mol. The van der Waals surface area contributed by atoms with Crippen LogP contribution in [0.2, 0.25) is 0 Å². The van der Waals surface area contributed by atoms with E-state index in [-0.39, 0.29) is 12.1 Å². The summed E-state index contributed by atoms with van der Waals surface area (Å²) in [4.78, 5) is 0. The summed E-state index contributed by atoms with van der Waals surface area (Å²) in [5.74, 6) is 0. The molecule has 2 N–H and O–H groups in total. The van der Waals surface area contributed by atoms with E-state index in [9.17, 15) is 0 Å². The zero-order chi connectivity index (χ0) is 18.8. The molecule has 2 aliphatic heterocycles. The maximum Gasteiger partial charge on any atom is 0.0745 e. The molecule has 2 heterocycles. The molecule has 0 radical (unpaired) electrons. The maximum absolute atomic E-state index is 4.61. The summed E-state index contributed by atoms with van der Waals surface area (Å²) in [5, 5.41) is 9.21. The largest absolute Gasteiger partial charge is 0.302 e. The molecule has 0 bridgehead atoms. The van der Waals surface area contributed by atoms with E-state index in [2.05, 4.69) is 93.9 Å². The topological polar surface area (TPSA) is 48.8 Å². The Balaban J connectivity index is 1.31. The van der Waals surface area contributed by atoms with Crippen LogP contribution in [0.25, 0.3) is 0 Å². The number of hydrogen-bond donors (Lipinski definition) is 2. The van der Waals surface area contributed by atoms with Gasteiger partial charge < -0.3 is 10.9 Å². The molecule has 0 spiro atoms. The minimum atomic E-state index is 0.243. The van der Waals surface area contributed by atoms with Gasteiger partial charge in [0, 0.05) is 12.8 Å². The Morgan fingerprint density at radius 3 is 1.50 bits per heavy atom. The summed E-state index contributed by atoms with van der Waals surface area (Å²) >= 11 is 0. The lowest BCUT2D eigenvalue weighted by molar-refractivity contribution is 0.620. The number of benzene rings is 3. The Bertz CT molecular complexity index is 944. The van der Waals surface area contributed by atoms with Gasteiger partial charge in [-0.15, -0.1) is 0 Å². The van der Waals surface area contributed by atoms with E-state index in [1.165, 1.54) is 11.1 Å². The van der Waals surface area contributed by atoms with Crippen LogP contribution in [-0.4, -0.2) is 11.4 Å². The van der Waals surface area contributed by atoms with Crippen molar-refractivity contribution in [3.8, 4) is 0 Å². The van der Waals surface area contributed by atoms with Crippen molar-refractivity contribution in [2.45, 2.75) is 24.9 Å². The van der Waals surface area contributed by atoms with Crippen molar-refractivity contribution >= 4 is 11.4 Å². The van der Waals surface area contributed by atoms with Crippen molar-refractivity contribution < 1.29 is 0 Å². The molecule has 5 rings (SSSR count). The van der Waals surface area contributed by atoms with E-state index < -0.39 is 0 Å². The third-order valence-corrected chi connectivity index (χ3v) is 5.44. The molecule has 2 aliphatic rings. The standard InChI is InChI=1S/C24H22N4/c1-3-8-17(9-4-1)21-15-23(27-25-21)19-12-7-13-20(14-19)24-16-22(26-28-24)18-10-5-2-6-11-18/h1-14,21-22,25-26H,15-16H2. The highest BCUT2D eigenvalue weighted by Crippen LogP contribution is 2.27. The number of nitrogens with one attached hydrogen (secondary N) is 2. The first-order valence-corrected chi connectivity index (χ1v) is 9.72. The highest BCUT2D eigenvalue weighted by atomic mass is 15.3. The van der Waals surface area contributed by atoms with Crippen LogP contribution < -0.4 is 10.9 Å². The number of hydrazone groups is 2. The lowest BCUT2D eigenvalue weighted by Crippen LogP contribution is -2.10.